The molecule has 182 valence electrons. The van der Waals surface area contributed by atoms with Gasteiger partial charge in [0, 0.05) is 50.0 Å². The first-order chi connectivity index (χ1) is 16.8. The van der Waals surface area contributed by atoms with Crippen LogP contribution in [-0.2, 0) is 18.9 Å². The predicted octanol–water partition coefficient (Wildman–Crippen LogP) is 1.54. The third-order valence-corrected chi connectivity index (χ3v) is 7.21. The molecule has 1 aliphatic rings. The first-order valence-electron chi connectivity index (χ1n) is 11.2. The highest BCUT2D eigenvalue weighted by Gasteiger charge is 2.24. The molecule has 4 aromatic heterocycles. The van der Waals surface area contributed by atoms with E-state index in [1.54, 1.807) is 19.3 Å². The van der Waals surface area contributed by atoms with Crippen molar-refractivity contribution in [3.63, 3.8) is 0 Å². The lowest BCUT2D eigenvalue weighted by Crippen LogP contribution is -2.38. The molecule has 0 bridgehead atoms. The van der Waals surface area contributed by atoms with E-state index in [0.717, 1.165) is 29.5 Å². The maximum absolute atomic E-state index is 13.0. The van der Waals surface area contributed by atoms with E-state index in [9.17, 15) is 14.4 Å². The number of anilines is 2. The number of amides is 1. The molecule has 1 amide bonds. The molecule has 2 atom stereocenters. The Kier molecular flexibility index (Phi) is 5.71. The van der Waals surface area contributed by atoms with Crippen molar-refractivity contribution < 1.29 is 4.79 Å². The van der Waals surface area contributed by atoms with Gasteiger partial charge in [-0.1, -0.05) is 0 Å². The fourth-order valence-corrected chi connectivity index (χ4v) is 5.01. The van der Waals surface area contributed by atoms with Crippen LogP contribution < -0.4 is 21.5 Å². The van der Waals surface area contributed by atoms with Crippen molar-refractivity contribution in [3.05, 3.63) is 44.9 Å². The van der Waals surface area contributed by atoms with Gasteiger partial charge in [-0.15, -0.1) is 11.3 Å². The molecule has 0 aliphatic carbocycles. The Labute approximate surface area is 203 Å². The van der Waals surface area contributed by atoms with Crippen molar-refractivity contribution in [2.45, 2.75) is 38.8 Å². The number of thiazole rings is 1. The van der Waals surface area contributed by atoms with E-state index in [2.05, 4.69) is 37.1 Å². The van der Waals surface area contributed by atoms with E-state index in [4.69, 9.17) is 0 Å². The van der Waals surface area contributed by atoms with E-state index < -0.39 is 17.3 Å². The van der Waals surface area contributed by atoms with Gasteiger partial charge in [0.05, 0.1) is 12.0 Å². The lowest BCUT2D eigenvalue weighted by Gasteiger charge is -2.20. The zero-order valence-electron chi connectivity index (χ0n) is 19.8. The highest BCUT2D eigenvalue weighted by atomic mass is 32.1. The number of nitrogens with one attached hydrogen (secondary N) is 1. The summed E-state index contributed by atoms with van der Waals surface area (Å²) in [6.07, 6.45) is 7.16. The molecule has 0 radical (unpaired) electrons. The molecule has 13 heteroatoms. The molecule has 0 spiro atoms. The number of hydrogen-bond acceptors (Lipinski definition) is 9. The zero-order valence-corrected chi connectivity index (χ0v) is 20.6. The molecule has 0 saturated carbocycles. The number of rotatable bonds is 5. The number of hydrogen-bond donors (Lipinski definition) is 1. The SMILES string of the molecule is CC(C(=O)Nc1nc(-c2cnc(N3CCC[C@@H]3C)nc2)cs1)n1cnc2c1c(=O)n(C)c(=O)n2C. The van der Waals surface area contributed by atoms with Crippen molar-refractivity contribution in [1.82, 2.24) is 33.6 Å². The van der Waals surface area contributed by atoms with Crippen molar-refractivity contribution in [1.29, 1.82) is 0 Å². The average Bonchev–Trinajstić information content (AvgIpc) is 3.61. The Morgan fingerprint density at radius 3 is 2.60 bits per heavy atom. The van der Waals surface area contributed by atoms with Gasteiger partial charge >= 0.3 is 5.69 Å². The molecule has 4 aromatic rings. The minimum absolute atomic E-state index is 0.182. The Balaban J connectivity index is 1.34. The lowest BCUT2D eigenvalue weighted by molar-refractivity contribution is -0.118. The molecule has 1 unspecified atom stereocenters. The molecule has 5 rings (SSSR count). The maximum atomic E-state index is 13.0. The Bertz CT molecular complexity index is 1530. The van der Waals surface area contributed by atoms with Gasteiger partial charge in [-0.25, -0.2) is 24.7 Å². The summed E-state index contributed by atoms with van der Waals surface area (Å²) in [4.78, 5) is 57.7. The van der Waals surface area contributed by atoms with Crippen LogP contribution in [0.5, 0.6) is 0 Å². The molecular weight excluding hydrogens is 470 g/mol. The second kappa shape index (κ2) is 8.73. The van der Waals surface area contributed by atoms with Gasteiger partial charge in [-0.2, -0.15) is 0 Å². The summed E-state index contributed by atoms with van der Waals surface area (Å²) >= 11 is 1.29. The van der Waals surface area contributed by atoms with E-state index in [1.807, 2.05) is 5.38 Å². The van der Waals surface area contributed by atoms with Gasteiger partial charge in [-0.05, 0) is 26.7 Å². The fraction of sp³-hybridized carbons (Fsp3) is 0.409. The van der Waals surface area contributed by atoms with Crippen LogP contribution >= 0.6 is 11.3 Å². The number of fused-ring (bicyclic) bond motifs is 1. The number of carbonyl (C=O) groups excluding carboxylic acids is 1. The summed E-state index contributed by atoms with van der Waals surface area (Å²) in [7, 11) is 2.93. The fourth-order valence-electron chi connectivity index (χ4n) is 4.29. The molecule has 0 aromatic carbocycles. The standard InChI is InChI=1S/C22H25N9O3S/c1-12-6-5-7-30(12)20-23-8-14(9-24-20)15-10-35-21(26-15)27-18(32)13(2)31-11-25-17-16(31)19(33)29(4)22(34)28(17)3/h8-13H,5-7H2,1-4H3,(H,26,27,32)/t12-,13?/m0/s1. The van der Waals surface area contributed by atoms with Crippen LogP contribution in [0.15, 0.2) is 33.7 Å². The van der Waals surface area contributed by atoms with E-state index in [0.29, 0.717) is 22.8 Å². The number of imidazole rings is 1. The minimum Gasteiger partial charge on any atom is -0.338 e. The van der Waals surface area contributed by atoms with Gasteiger partial charge in [0.25, 0.3) is 5.56 Å². The molecule has 1 fully saturated rings. The van der Waals surface area contributed by atoms with Crippen LogP contribution in [0.1, 0.15) is 32.7 Å². The third-order valence-electron chi connectivity index (χ3n) is 6.45. The topological polar surface area (TPSA) is 133 Å². The first-order valence-corrected chi connectivity index (χ1v) is 12.1. The largest absolute Gasteiger partial charge is 0.338 e. The van der Waals surface area contributed by atoms with Crippen LogP contribution in [0, 0.1) is 0 Å². The Morgan fingerprint density at radius 1 is 1.17 bits per heavy atom. The first kappa shape index (κ1) is 22.9. The summed E-state index contributed by atoms with van der Waals surface area (Å²) < 4.78 is 3.74. The van der Waals surface area contributed by atoms with Gasteiger partial charge in [0.15, 0.2) is 16.3 Å². The maximum Gasteiger partial charge on any atom is 0.332 e. The van der Waals surface area contributed by atoms with Gasteiger partial charge in [-0.3, -0.25) is 18.7 Å². The third kappa shape index (κ3) is 3.91. The molecule has 1 N–H and O–H groups in total. The minimum atomic E-state index is -0.761. The van der Waals surface area contributed by atoms with Crippen molar-refractivity contribution in [3.8, 4) is 11.3 Å². The molecule has 35 heavy (non-hydrogen) atoms. The van der Waals surface area contributed by atoms with Crippen LogP contribution in [-0.4, -0.2) is 52.1 Å². The van der Waals surface area contributed by atoms with E-state index in [-0.39, 0.29) is 17.1 Å². The quantitative estimate of drug-likeness (QED) is 0.441. The summed E-state index contributed by atoms with van der Waals surface area (Å²) in [5.41, 5.74) is 0.838. The van der Waals surface area contributed by atoms with Crippen LogP contribution in [0.4, 0.5) is 11.1 Å². The number of aromatic nitrogens is 7. The predicted molar refractivity (Wildman–Crippen MR) is 133 cm³/mol. The molecular formula is C22H25N9O3S. The Hall–Kier alpha value is -3.87. The molecule has 12 nitrogen and oxygen atoms in total. The smallest absolute Gasteiger partial charge is 0.332 e. The summed E-state index contributed by atoms with van der Waals surface area (Å²) in [5.74, 6) is 0.350. The summed E-state index contributed by atoms with van der Waals surface area (Å²) in [6, 6.07) is -0.329. The summed E-state index contributed by atoms with van der Waals surface area (Å²) in [6.45, 7) is 4.79. The van der Waals surface area contributed by atoms with Crippen LogP contribution in [0.2, 0.25) is 0 Å². The highest BCUT2D eigenvalue weighted by molar-refractivity contribution is 7.14. The van der Waals surface area contributed by atoms with Gasteiger partial charge < -0.3 is 14.8 Å². The second-order valence-electron chi connectivity index (χ2n) is 8.69. The van der Waals surface area contributed by atoms with Gasteiger partial charge in [0.1, 0.15) is 6.04 Å². The lowest BCUT2D eigenvalue weighted by atomic mass is 10.2. The number of carbonyl (C=O) groups is 1. The normalized spacial score (nSPS) is 16.7. The van der Waals surface area contributed by atoms with Crippen molar-refractivity contribution >= 4 is 39.5 Å². The molecule has 1 aliphatic heterocycles. The number of aryl methyl sites for hydroxylation is 1. The monoisotopic (exact) mass is 495 g/mol. The average molecular weight is 496 g/mol. The van der Waals surface area contributed by atoms with E-state index in [1.165, 1.54) is 40.9 Å². The van der Waals surface area contributed by atoms with Crippen LogP contribution in [0.25, 0.3) is 22.4 Å². The molecule has 1 saturated heterocycles. The summed E-state index contributed by atoms with van der Waals surface area (Å²) in [5, 5.41) is 5.04. The van der Waals surface area contributed by atoms with Crippen LogP contribution in [0.3, 0.4) is 0 Å². The van der Waals surface area contributed by atoms with Gasteiger partial charge in [0.2, 0.25) is 11.9 Å². The highest BCUT2D eigenvalue weighted by Crippen LogP contribution is 2.27. The van der Waals surface area contributed by atoms with E-state index >= 15 is 0 Å². The second-order valence-corrected chi connectivity index (χ2v) is 9.55. The van der Waals surface area contributed by atoms with Crippen molar-refractivity contribution in [2.75, 3.05) is 16.8 Å². The zero-order chi connectivity index (χ0) is 24.9. The number of nitrogens with zero attached hydrogens (tertiary/aromatic N) is 8. The Morgan fingerprint density at radius 2 is 1.91 bits per heavy atom. The molecule has 5 heterocycles. The van der Waals surface area contributed by atoms with Crippen molar-refractivity contribution in [2.24, 2.45) is 14.1 Å².